The molecule has 0 saturated heterocycles. The van der Waals surface area contributed by atoms with Crippen LogP contribution >= 0.6 is 0 Å². The number of sulfonamides is 1. The van der Waals surface area contributed by atoms with E-state index < -0.39 is 28.5 Å². The normalized spacial score (nSPS) is 11.6. The number of carbonyl (C=O) groups excluding carboxylic acids is 2. The first-order valence-corrected chi connectivity index (χ1v) is 15.6. The van der Waals surface area contributed by atoms with Gasteiger partial charge in [0.2, 0.25) is 11.8 Å². The molecule has 0 aliphatic carbocycles. The van der Waals surface area contributed by atoms with E-state index in [4.69, 9.17) is 23.7 Å². The van der Waals surface area contributed by atoms with Gasteiger partial charge in [0.1, 0.15) is 29.8 Å². The maximum atomic E-state index is 14.4. The number of amides is 2. The average molecular weight is 644 g/mol. The third-order valence-electron chi connectivity index (χ3n) is 7.08. The lowest BCUT2D eigenvalue weighted by Gasteiger charge is -2.32. The van der Waals surface area contributed by atoms with Gasteiger partial charge in [-0.05, 0) is 55.3 Å². The Bertz CT molecular complexity index is 1580. The first-order chi connectivity index (χ1) is 21.5. The highest BCUT2D eigenvalue weighted by Gasteiger charge is 2.34. The van der Waals surface area contributed by atoms with Crippen LogP contribution in [0, 0.1) is 0 Å². The number of anilines is 1. The second-order valence-electron chi connectivity index (χ2n) is 9.91. The molecule has 0 spiro atoms. The van der Waals surface area contributed by atoms with E-state index >= 15 is 0 Å². The van der Waals surface area contributed by atoms with Gasteiger partial charge in [-0.25, -0.2) is 8.42 Å². The molecule has 3 aromatic rings. The van der Waals surface area contributed by atoms with Gasteiger partial charge in [0.25, 0.3) is 10.0 Å². The summed E-state index contributed by atoms with van der Waals surface area (Å²) in [7, 11) is 2.74. The van der Waals surface area contributed by atoms with Gasteiger partial charge in [-0.2, -0.15) is 0 Å². The lowest BCUT2D eigenvalue weighted by Crippen LogP contribution is -2.51. The van der Waals surface area contributed by atoms with E-state index in [0.29, 0.717) is 35.8 Å². The zero-order valence-corrected chi connectivity index (χ0v) is 27.5. The molecule has 3 rings (SSSR count). The van der Waals surface area contributed by atoms with Crippen molar-refractivity contribution in [3.05, 3.63) is 66.2 Å². The van der Waals surface area contributed by atoms with Crippen LogP contribution in [0.1, 0.15) is 25.8 Å². The van der Waals surface area contributed by atoms with Gasteiger partial charge < -0.3 is 33.9 Å². The fraction of sp³-hybridized carbons (Fsp3) is 0.375. The molecule has 1 N–H and O–H groups in total. The van der Waals surface area contributed by atoms with Crippen LogP contribution in [0.2, 0.25) is 0 Å². The van der Waals surface area contributed by atoms with Gasteiger partial charge in [-0.15, -0.1) is 0 Å². The van der Waals surface area contributed by atoms with E-state index in [1.54, 1.807) is 43.3 Å². The fourth-order valence-corrected chi connectivity index (χ4v) is 5.99. The summed E-state index contributed by atoms with van der Waals surface area (Å²) in [6, 6.07) is 14.9. The molecule has 0 radical (unpaired) electrons. The van der Waals surface area contributed by atoms with Crippen molar-refractivity contribution in [1.82, 2.24) is 10.2 Å². The molecule has 0 aliphatic rings. The maximum Gasteiger partial charge on any atom is 0.265 e. The molecule has 0 heterocycles. The maximum absolute atomic E-state index is 14.4. The molecule has 45 heavy (non-hydrogen) atoms. The summed E-state index contributed by atoms with van der Waals surface area (Å²) in [5.41, 5.74) is 0.746. The van der Waals surface area contributed by atoms with Gasteiger partial charge in [0, 0.05) is 25.2 Å². The largest absolute Gasteiger partial charge is 0.497 e. The molecule has 0 fully saturated rings. The van der Waals surface area contributed by atoms with Crippen LogP contribution < -0.4 is 33.3 Å². The van der Waals surface area contributed by atoms with E-state index in [2.05, 4.69) is 5.32 Å². The second-order valence-corrected chi connectivity index (χ2v) is 11.8. The first kappa shape index (κ1) is 34.8. The molecule has 13 heteroatoms. The van der Waals surface area contributed by atoms with Crippen molar-refractivity contribution in [2.24, 2.45) is 0 Å². The number of benzene rings is 3. The Kier molecular flexibility index (Phi) is 12.3. The molecule has 0 bridgehead atoms. The third kappa shape index (κ3) is 8.29. The Hall–Kier alpha value is -4.65. The Balaban J connectivity index is 2.17. The lowest BCUT2D eigenvalue weighted by molar-refractivity contribution is -0.139. The fourth-order valence-electron chi connectivity index (χ4n) is 4.56. The van der Waals surface area contributed by atoms with Crippen LogP contribution in [-0.2, 0) is 26.2 Å². The number of methoxy groups -OCH3 is 5. The molecule has 244 valence electrons. The minimum Gasteiger partial charge on any atom is -0.497 e. The second kappa shape index (κ2) is 15.9. The van der Waals surface area contributed by atoms with Gasteiger partial charge in [-0.1, -0.05) is 19.1 Å². The molecular weight excluding hydrogens is 602 g/mol. The van der Waals surface area contributed by atoms with E-state index in [-0.39, 0.29) is 34.5 Å². The molecule has 3 aromatic carbocycles. The highest BCUT2D eigenvalue weighted by molar-refractivity contribution is 7.92. The predicted molar refractivity (Wildman–Crippen MR) is 170 cm³/mol. The summed E-state index contributed by atoms with van der Waals surface area (Å²) < 4.78 is 56.6. The number of hydrogen-bond acceptors (Lipinski definition) is 9. The van der Waals surface area contributed by atoms with Gasteiger partial charge in [0.05, 0.1) is 46.1 Å². The van der Waals surface area contributed by atoms with Gasteiger partial charge in [0.15, 0.2) is 11.5 Å². The number of hydrogen-bond donors (Lipinski definition) is 1. The number of rotatable bonds is 16. The van der Waals surface area contributed by atoms with Crippen LogP contribution in [0.4, 0.5) is 5.69 Å². The summed E-state index contributed by atoms with van der Waals surface area (Å²) in [4.78, 5) is 28.6. The quantitative estimate of drug-likeness (QED) is 0.247. The van der Waals surface area contributed by atoms with Crippen molar-refractivity contribution in [2.45, 2.75) is 37.8 Å². The summed E-state index contributed by atoms with van der Waals surface area (Å²) in [6.07, 6.45) is 0.704. The predicted octanol–water partition coefficient (Wildman–Crippen LogP) is 3.87. The van der Waals surface area contributed by atoms with Crippen LogP contribution in [-0.4, -0.2) is 79.8 Å². The van der Waals surface area contributed by atoms with Crippen molar-refractivity contribution in [2.75, 3.05) is 52.9 Å². The van der Waals surface area contributed by atoms with Crippen LogP contribution in [0.3, 0.4) is 0 Å². The number of nitrogens with one attached hydrogen (secondary N) is 1. The van der Waals surface area contributed by atoms with E-state index in [9.17, 15) is 18.0 Å². The zero-order valence-electron chi connectivity index (χ0n) is 26.7. The van der Waals surface area contributed by atoms with Crippen LogP contribution in [0.25, 0.3) is 0 Å². The Morgan fingerprint density at radius 1 is 0.800 bits per heavy atom. The Labute approximate surface area is 264 Å². The smallest absolute Gasteiger partial charge is 0.265 e. The number of ether oxygens (including phenoxy) is 5. The summed E-state index contributed by atoms with van der Waals surface area (Å²) >= 11 is 0. The molecule has 0 aliphatic heterocycles. The Morgan fingerprint density at radius 3 is 2.07 bits per heavy atom. The van der Waals surface area contributed by atoms with Gasteiger partial charge >= 0.3 is 0 Å². The van der Waals surface area contributed by atoms with Gasteiger partial charge in [-0.3, -0.25) is 13.9 Å². The minimum atomic E-state index is -4.45. The molecular formula is C32H41N3O9S. The van der Waals surface area contributed by atoms with Crippen molar-refractivity contribution < 1.29 is 41.7 Å². The topological polar surface area (TPSA) is 133 Å². The minimum absolute atomic E-state index is 0.0102. The third-order valence-corrected chi connectivity index (χ3v) is 8.84. The SMILES string of the molecule is CCCNC(=O)[C@@H](C)N(Cc1cccc(OC)c1)C(=O)CN(c1cc(OC)ccc1OC)S(=O)(=O)c1ccc(OC)c(OC)c1. The van der Waals surface area contributed by atoms with E-state index in [1.807, 2.05) is 6.92 Å². The summed E-state index contributed by atoms with van der Waals surface area (Å²) in [6.45, 7) is 3.28. The molecule has 1 atom stereocenters. The molecule has 2 amide bonds. The highest BCUT2D eigenvalue weighted by Crippen LogP contribution is 2.37. The highest BCUT2D eigenvalue weighted by atomic mass is 32.2. The standard InChI is InChI=1S/C32H41N3O9S/c1-8-16-33-32(37)22(2)34(20-23-10-9-11-24(17-23)40-3)31(36)21-35(27-18-25(41-4)12-14-28(27)42-5)45(38,39)26-13-15-29(43-6)30(19-26)44-7/h9-15,17-19,22H,8,16,20-21H2,1-7H3,(H,33,37)/t22-/m1/s1. The molecule has 0 aromatic heterocycles. The zero-order chi connectivity index (χ0) is 33.1. The Morgan fingerprint density at radius 2 is 1.44 bits per heavy atom. The van der Waals surface area contributed by atoms with E-state index in [1.165, 1.54) is 64.7 Å². The molecule has 12 nitrogen and oxygen atoms in total. The number of carbonyl (C=O) groups is 2. The molecule has 0 unspecified atom stereocenters. The number of nitrogens with zero attached hydrogens (tertiary/aromatic N) is 2. The lowest BCUT2D eigenvalue weighted by atomic mass is 10.1. The van der Waals surface area contributed by atoms with Crippen molar-refractivity contribution in [3.8, 4) is 28.7 Å². The van der Waals surface area contributed by atoms with E-state index in [0.717, 1.165) is 4.31 Å². The van der Waals surface area contributed by atoms with Crippen molar-refractivity contribution >= 4 is 27.5 Å². The van der Waals surface area contributed by atoms with Crippen molar-refractivity contribution in [1.29, 1.82) is 0 Å². The van der Waals surface area contributed by atoms with Crippen LogP contribution in [0.5, 0.6) is 28.7 Å². The van der Waals surface area contributed by atoms with Crippen LogP contribution in [0.15, 0.2) is 65.6 Å². The molecule has 0 saturated carbocycles. The average Bonchev–Trinajstić information content (AvgIpc) is 3.07. The first-order valence-electron chi connectivity index (χ1n) is 14.2. The summed E-state index contributed by atoms with van der Waals surface area (Å²) in [5, 5.41) is 2.82. The monoisotopic (exact) mass is 643 g/mol. The van der Waals surface area contributed by atoms with Crippen molar-refractivity contribution in [3.63, 3.8) is 0 Å². The summed E-state index contributed by atoms with van der Waals surface area (Å²) in [5.74, 6) is 0.596.